The lowest BCUT2D eigenvalue weighted by Crippen LogP contribution is -2.44. The number of rotatable bonds is 4. The Morgan fingerprint density at radius 1 is 1.19 bits per heavy atom. The lowest BCUT2D eigenvalue weighted by molar-refractivity contribution is 0.0954. The molecule has 1 aromatic carbocycles. The highest BCUT2D eigenvalue weighted by Crippen LogP contribution is 2.30. The molecule has 0 bridgehead atoms. The fourth-order valence-corrected chi connectivity index (χ4v) is 4.56. The molecule has 140 valence electrons. The Labute approximate surface area is 163 Å². The van der Waals surface area contributed by atoms with Crippen LogP contribution in [-0.2, 0) is 6.54 Å². The largest absolute Gasteiger partial charge is 0.354 e. The van der Waals surface area contributed by atoms with Gasteiger partial charge in [-0.15, -0.1) is 11.3 Å². The van der Waals surface area contributed by atoms with Crippen molar-refractivity contribution in [2.75, 3.05) is 38.1 Å². The molecule has 1 aliphatic heterocycles. The van der Waals surface area contributed by atoms with Crippen molar-refractivity contribution in [2.45, 2.75) is 13.5 Å². The van der Waals surface area contributed by atoms with Crippen molar-refractivity contribution >= 4 is 33.1 Å². The van der Waals surface area contributed by atoms with Gasteiger partial charge < -0.3 is 15.1 Å². The van der Waals surface area contributed by atoms with Gasteiger partial charge in [0, 0.05) is 43.6 Å². The van der Waals surface area contributed by atoms with Crippen molar-refractivity contribution in [3.05, 3.63) is 58.6 Å². The number of anilines is 1. The molecule has 1 amide bonds. The zero-order chi connectivity index (χ0) is 18.8. The third-order valence-corrected chi connectivity index (χ3v) is 6.41. The number of nitrogens with zero attached hydrogens (tertiary/aromatic N) is 3. The summed E-state index contributed by atoms with van der Waals surface area (Å²) in [6.07, 6.45) is 1.83. The standard InChI is InChI=1S/C21H24N4OS/c1-15-17-5-3-4-6-18(17)27-20(15)21(26)23-14-16-7-8-22-19(13-16)25-11-9-24(2)10-12-25/h3-8,13H,9-12,14H2,1-2H3,(H,23,26). The van der Waals surface area contributed by atoms with Crippen LogP contribution in [0, 0.1) is 6.92 Å². The Bertz CT molecular complexity index is 960. The van der Waals surface area contributed by atoms with E-state index < -0.39 is 0 Å². The summed E-state index contributed by atoms with van der Waals surface area (Å²) in [4.78, 5) is 22.6. The monoisotopic (exact) mass is 380 g/mol. The normalized spacial score (nSPS) is 15.3. The first kappa shape index (κ1) is 17.9. The quantitative estimate of drug-likeness (QED) is 0.755. The third kappa shape index (κ3) is 3.82. The van der Waals surface area contributed by atoms with E-state index >= 15 is 0 Å². The summed E-state index contributed by atoms with van der Waals surface area (Å²) < 4.78 is 1.15. The van der Waals surface area contributed by atoms with Gasteiger partial charge in [-0.1, -0.05) is 18.2 Å². The van der Waals surface area contributed by atoms with E-state index in [0.717, 1.165) is 58.1 Å². The predicted molar refractivity (Wildman–Crippen MR) is 112 cm³/mol. The summed E-state index contributed by atoms with van der Waals surface area (Å²) in [5, 5.41) is 4.23. The minimum absolute atomic E-state index is 0.00772. The van der Waals surface area contributed by atoms with E-state index in [-0.39, 0.29) is 5.91 Å². The van der Waals surface area contributed by atoms with E-state index in [4.69, 9.17) is 0 Å². The van der Waals surface area contributed by atoms with E-state index in [1.807, 2.05) is 31.3 Å². The number of benzene rings is 1. The molecule has 3 aromatic rings. The minimum Gasteiger partial charge on any atom is -0.354 e. The van der Waals surface area contributed by atoms with Crippen LogP contribution in [-0.4, -0.2) is 49.0 Å². The van der Waals surface area contributed by atoms with Crippen LogP contribution in [0.4, 0.5) is 5.82 Å². The third-order valence-electron chi connectivity index (χ3n) is 5.14. The maximum absolute atomic E-state index is 12.7. The first-order chi connectivity index (χ1) is 13.1. The lowest BCUT2D eigenvalue weighted by Gasteiger charge is -2.33. The highest BCUT2D eigenvalue weighted by molar-refractivity contribution is 7.21. The van der Waals surface area contributed by atoms with Gasteiger partial charge in [0.05, 0.1) is 4.88 Å². The molecule has 1 aliphatic rings. The number of aryl methyl sites for hydroxylation is 1. The Balaban J connectivity index is 1.44. The fourth-order valence-electron chi connectivity index (χ4n) is 3.43. The number of hydrogen-bond acceptors (Lipinski definition) is 5. The molecule has 0 unspecified atom stereocenters. The summed E-state index contributed by atoms with van der Waals surface area (Å²) in [5.74, 6) is 0.986. The average Bonchev–Trinajstić information content (AvgIpc) is 3.04. The van der Waals surface area contributed by atoms with Gasteiger partial charge >= 0.3 is 0 Å². The molecule has 6 heteroatoms. The van der Waals surface area contributed by atoms with Crippen LogP contribution >= 0.6 is 11.3 Å². The van der Waals surface area contributed by atoms with Crippen LogP contribution in [0.3, 0.4) is 0 Å². The summed E-state index contributed by atoms with van der Waals surface area (Å²) in [7, 11) is 2.15. The maximum Gasteiger partial charge on any atom is 0.261 e. The second-order valence-corrected chi connectivity index (χ2v) is 8.10. The zero-order valence-corrected chi connectivity index (χ0v) is 16.6. The number of aromatic nitrogens is 1. The SMILES string of the molecule is Cc1c(C(=O)NCc2ccnc(N3CCN(C)CC3)c2)sc2ccccc12. The lowest BCUT2D eigenvalue weighted by atomic mass is 10.1. The number of thiophene rings is 1. The summed E-state index contributed by atoms with van der Waals surface area (Å²) in [5.41, 5.74) is 2.13. The minimum atomic E-state index is -0.00772. The van der Waals surface area contributed by atoms with Gasteiger partial charge in [0.2, 0.25) is 0 Å². The van der Waals surface area contributed by atoms with Crippen molar-refractivity contribution in [1.82, 2.24) is 15.2 Å². The number of piperazine rings is 1. The smallest absolute Gasteiger partial charge is 0.261 e. The van der Waals surface area contributed by atoms with Crippen LogP contribution in [0.5, 0.6) is 0 Å². The van der Waals surface area contributed by atoms with Crippen LogP contribution < -0.4 is 10.2 Å². The molecule has 27 heavy (non-hydrogen) atoms. The van der Waals surface area contributed by atoms with Crippen molar-refractivity contribution < 1.29 is 4.79 Å². The highest BCUT2D eigenvalue weighted by atomic mass is 32.1. The molecule has 0 saturated carbocycles. The first-order valence-electron chi connectivity index (χ1n) is 9.26. The van der Waals surface area contributed by atoms with Gasteiger partial charge in [-0.2, -0.15) is 0 Å². The van der Waals surface area contributed by atoms with E-state index in [1.54, 1.807) is 11.3 Å². The molecular formula is C21H24N4OS. The predicted octanol–water partition coefficient (Wildman–Crippen LogP) is 3.29. The Hall–Kier alpha value is -2.44. The molecule has 4 rings (SSSR count). The van der Waals surface area contributed by atoms with Gasteiger partial charge in [0.1, 0.15) is 5.82 Å². The summed E-state index contributed by atoms with van der Waals surface area (Å²) >= 11 is 1.56. The van der Waals surface area contributed by atoms with Gasteiger partial charge in [-0.25, -0.2) is 4.98 Å². The number of hydrogen-bond donors (Lipinski definition) is 1. The second kappa shape index (κ2) is 7.66. The molecular weight excluding hydrogens is 356 g/mol. The second-order valence-electron chi connectivity index (χ2n) is 7.05. The van der Waals surface area contributed by atoms with E-state index in [2.05, 4.69) is 45.3 Å². The molecule has 5 nitrogen and oxygen atoms in total. The topological polar surface area (TPSA) is 48.5 Å². The number of carbonyl (C=O) groups is 1. The molecule has 1 saturated heterocycles. The number of pyridine rings is 1. The highest BCUT2D eigenvalue weighted by Gasteiger charge is 2.17. The number of amides is 1. The first-order valence-corrected chi connectivity index (χ1v) is 10.1. The fraction of sp³-hybridized carbons (Fsp3) is 0.333. The summed E-state index contributed by atoms with van der Waals surface area (Å²) in [6.45, 7) is 6.60. The molecule has 0 aliphatic carbocycles. The maximum atomic E-state index is 12.7. The molecule has 0 radical (unpaired) electrons. The Morgan fingerprint density at radius 3 is 2.74 bits per heavy atom. The van der Waals surface area contributed by atoms with Gasteiger partial charge in [-0.3, -0.25) is 4.79 Å². The van der Waals surface area contributed by atoms with E-state index in [0.29, 0.717) is 6.54 Å². The Morgan fingerprint density at radius 2 is 1.96 bits per heavy atom. The van der Waals surface area contributed by atoms with Crippen LogP contribution in [0.25, 0.3) is 10.1 Å². The summed E-state index contributed by atoms with van der Waals surface area (Å²) in [6, 6.07) is 12.2. The van der Waals surface area contributed by atoms with Gasteiger partial charge in [-0.05, 0) is 48.7 Å². The van der Waals surface area contributed by atoms with Crippen LogP contribution in [0.2, 0.25) is 0 Å². The number of carbonyl (C=O) groups excluding carboxylic acids is 1. The van der Waals surface area contributed by atoms with Crippen LogP contribution in [0.1, 0.15) is 20.8 Å². The molecule has 0 spiro atoms. The molecule has 2 aromatic heterocycles. The average molecular weight is 381 g/mol. The van der Waals surface area contributed by atoms with Crippen molar-refractivity contribution in [1.29, 1.82) is 0 Å². The number of nitrogens with one attached hydrogen (secondary N) is 1. The van der Waals surface area contributed by atoms with Crippen molar-refractivity contribution in [3.63, 3.8) is 0 Å². The molecule has 1 fully saturated rings. The van der Waals surface area contributed by atoms with Gasteiger partial charge in [0.25, 0.3) is 5.91 Å². The molecule has 3 heterocycles. The van der Waals surface area contributed by atoms with Gasteiger partial charge in [0.15, 0.2) is 0 Å². The van der Waals surface area contributed by atoms with E-state index in [1.165, 1.54) is 0 Å². The van der Waals surface area contributed by atoms with Crippen molar-refractivity contribution in [2.24, 2.45) is 0 Å². The molecule has 1 N–H and O–H groups in total. The number of likely N-dealkylation sites (N-methyl/N-ethyl adjacent to an activating group) is 1. The molecule has 0 atom stereocenters. The Kier molecular flexibility index (Phi) is 5.09. The zero-order valence-electron chi connectivity index (χ0n) is 15.7. The number of fused-ring (bicyclic) bond motifs is 1. The van der Waals surface area contributed by atoms with E-state index in [9.17, 15) is 4.79 Å². The van der Waals surface area contributed by atoms with Crippen LogP contribution in [0.15, 0.2) is 42.6 Å². The van der Waals surface area contributed by atoms with Crippen molar-refractivity contribution in [3.8, 4) is 0 Å².